The zero-order valence-corrected chi connectivity index (χ0v) is 13.0. The predicted octanol–water partition coefficient (Wildman–Crippen LogP) is 4.53. The van der Waals surface area contributed by atoms with Crippen LogP contribution in [0.5, 0.6) is 5.75 Å². The standard InChI is InChI=1S/C12H10Cl2N2OS.ClH/c1-6(16-15)8-5-18-12(11(8)17)7-2-3-9(13)10(14)4-7;/h2-5,17H,15H2,1H3;1H/b16-6-;. The van der Waals surface area contributed by atoms with Gasteiger partial charge in [-0.05, 0) is 24.6 Å². The third-order valence-corrected chi connectivity index (χ3v) is 4.29. The van der Waals surface area contributed by atoms with Crippen LogP contribution in [0.4, 0.5) is 0 Å². The van der Waals surface area contributed by atoms with Gasteiger partial charge in [0.25, 0.3) is 0 Å². The maximum Gasteiger partial charge on any atom is 0.143 e. The lowest BCUT2D eigenvalue weighted by Crippen LogP contribution is -1.96. The summed E-state index contributed by atoms with van der Waals surface area (Å²) < 4.78 is 0. The first-order valence-corrected chi connectivity index (χ1v) is 6.69. The molecule has 0 amide bonds. The smallest absolute Gasteiger partial charge is 0.143 e. The highest BCUT2D eigenvalue weighted by Gasteiger charge is 2.15. The molecule has 3 N–H and O–H groups in total. The third kappa shape index (κ3) is 3.15. The molecule has 3 nitrogen and oxygen atoms in total. The van der Waals surface area contributed by atoms with Gasteiger partial charge in [-0.3, -0.25) is 0 Å². The highest BCUT2D eigenvalue weighted by Crippen LogP contribution is 2.40. The van der Waals surface area contributed by atoms with Crippen LogP contribution in [0.2, 0.25) is 10.0 Å². The Morgan fingerprint density at radius 3 is 2.58 bits per heavy atom. The Hall–Kier alpha value is -0.940. The van der Waals surface area contributed by atoms with Crippen molar-refractivity contribution in [2.24, 2.45) is 10.9 Å². The van der Waals surface area contributed by atoms with Gasteiger partial charge in [-0.1, -0.05) is 29.3 Å². The molecule has 1 heterocycles. The molecule has 0 unspecified atom stereocenters. The molecule has 2 rings (SSSR count). The molecule has 0 saturated heterocycles. The van der Waals surface area contributed by atoms with Crippen LogP contribution in [0.15, 0.2) is 28.7 Å². The Morgan fingerprint density at radius 2 is 2.00 bits per heavy atom. The van der Waals surface area contributed by atoms with E-state index >= 15 is 0 Å². The van der Waals surface area contributed by atoms with Gasteiger partial charge in [0.2, 0.25) is 0 Å². The van der Waals surface area contributed by atoms with E-state index in [9.17, 15) is 5.11 Å². The molecule has 0 fully saturated rings. The van der Waals surface area contributed by atoms with Crippen molar-refractivity contribution in [1.82, 2.24) is 0 Å². The Bertz CT molecular complexity index is 625. The van der Waals surface area contributed by atoms with Crippen LogP contribution >= 0.6 is 46.9 Å². The maximum absolute atomic E-state index is 10.1. The number of rotatable bonds is 2. The fraction of sp³-hybridized carbons (Fsp3) is 0.0833. The minimum atomic E-state index is 0. The van der Waals surface area contributed by atoms with Crippen molar-refractivity contribution in [2.45, 2.75) is 6.92 Å². The highest BCUT2D eigenvalue weighted by atomic mass is 35.5. The number of thiophene rings is 1. The summed E-state index contributed by atoms with van der Waals surface area (Å²) in [6, 6.07) is 5.22. The van der Waals surface area contributed by atoms with Crippen LogP contribution in [-0.2, 0) is 0 Å². The molecule has 0 aliphatic heterocycles. The fourth-order valence-electron chi connectivity index (χ4n) is 1.52. The molecule has 19 heavy (non-hydrogen) atoms. The van der Waals surface area contributed by atoms with Gasteiger partial charge in [0.1, 0.15) is 5.75 Å². The summed E-state index contributed by atoms with van der Waals surface area (Å²) in [6.07, 6.45) is 0. The number of hydrogen-bond acceptors (Lipinski definition) is 4. The summed E-state index contributed by atoms with van der Waals surface area (Å²) in [5.74, 6) is 5.37. The Kier molecular flexibility index (Phi) is 5.50. The molecular weight excluding hydrogens is 327 g/mol. The first-order chi connectivity index (χ1) is 8.54. The number of hydrazone groups is 1. The summed E-state index contributed by atoms with van der Waals surface area (Å²) in [5, 5.41) is 16.5. The second-order valence-corrected chi connectivity index (χ2v) is 5.36. The third-order valence-electron chi connectivity index (χ3n) is 2.53. The normalized spacial score (nSPS) is 11.2. The second kappa shape index (κ2) is 6.48. The van der Waals surface area contributed by atoms with Crippen molar-refractivity contribution in [3.8, 4) is 16.2 Å². The highest BCUT2D eigenvalue weighted by molar-refractivity contribution is 7.14. The van der Waals surface area contributed by atoms with Gasteiger partial charge in [-0.25, -0.2) is 0 Å². The van der Waals surface area contributed by atoms with Gasteiger partial charge in [-0.15, -0.1) is 23.7 Å². The number of benzene rings is 1. The summed E-state index contributed by atoms with van der Waals surface area (Å²) >= 11 is 13.2. The van der Waals surface area contributed by atoms with Crippen LogP contribution in [-0.4, -0.2) is 10.8 Å². The van der Waals surface area contributed by atoms with Crippen molar-refractivity contribution in [3.05, 3.63) is 39.2 Å². The Labute approximate surface area is 131 Å². The van der Waals surface area contributed by atoms with Crippen molar-refractivity contribution in [2.75, 3.05) is 0 Å². The van der Waals surface area contributed by atoms with Crippen molar-refractivity contribution in [3.63, 3.8) is 0 Å². The van der Waals surface area contributed by atoms with Gasteiger partial charge >= 0.3 is 0 Å². The lowest BCUT2D eigenvalue weighted by molar-refractivity contribution is 0.478. The molecular formula is C12H11Cl3N2OS. The second-order valence-electron chi connectivity index (χ2n) is 3.67. The first-order valence-electron chi connectivity index (χ1n) is 5.05. The van der Waals surface area contributed by atoms with E-state index in [2.05, 4.69) is 5.10 Å². The molecule has 102 valence electrons. The van der Waals surface area contributed by atoms with E-state index in [0.29, 0.717) is 26.2 Å². The van der Waals surface area contributed by atoms with E-state index in [1.165, 1.54) is 11.3 Å². The molecule has 0 aliphatic rings. The molecule has 0 radical (unpaired) electrons. The first kappa shape index (κ1) is 16.1. The van der Waals surface area contributed by atoms with Crippen molar-refractivity contribution >= 4 is 52.7 Å². The number of aromatic hydroxyl groups is 1. The zero-order valence-electron chi connectivity index (χ0n) is 9.85. The monoisotopic (exact) mass is 336 g/mol. The zero-order chi connectivity index (χ0) is 13.3. The van der Waals surface area contributed by atoms with Gasteiger partial charge in [0.05, 0.1) is 26.2 Å². The minimum absolute atomic E-state index is 0. The lowest BCUT2D eigenvalue weighted by atomic mass is 10.1. The summed E-state index contributed by atoms with van der Waals surface area (Å²) in [7, 11) is 0. The molecule has 7 heteroatoms. The number of halogens is 3. The topological polar surface area (TPSA) is 58.6 Å². The van der Waals surface area contributed by atoms with Gasteiger partial charge < -0.3 is 10.9 Å². The average molecular weight is 338 g/mol. The van der Waals surface area contributed by atoms with Crippen LogP contribution in [0.3, 0.4) is 0 Å². The molecule has 1 aromatic carbocycles. The van der Waals surface area contributed by atoms with E-state index in [4.69, 9.17) is 29.0 Å². The van der Waals surface area contributed by atoms with Crippen LogP contribution < -0.4 is 5.84 Å². The van der Waals surface area contributed by atoms with E-state index in [-0.39, 0.29) is 18.2 Å². The Morgan fingerprint density at radius 1 is 1.32 bits per heavy atom. The molecule has 0 atom stereocenters. The largest absolute Gasteiger partial charge is 0.506 e. The maximum atomic E-state index is 10.1. The fourth-order valence-corrected chi connectivity index (χ4v) is 2.82. The molecule has 0 saturated carbocycles. The van der Waals surface area contributed by atoms with E-state index in [1.54, 1.807) is 30.5 Å². The number of nitrogens with zero attached hydrogens (tertiary/aromatic N) is 1. The predicted molar refractivity (Wildman–Crippen MR) is 85.1 cm³/mol. The minimum Gasteiger partial charge on any atom is -0.506 e. The molecule has 1 aromatic heterocycles. The number of hydrogen-bond donors (Lipinski definition) is 2. The van der Waals surface area contributed by atoms with Crippen LogP contribution in [0.1, 0.15) is 12.5 Å². The average Bonchev–Trinajstić information content (AvgIpc) is 2.74. The molecule has 0 bridgehead atoms. The van der Waals surface area contributed by atoms with Crippen molar-refractivity contribution < 1.29 is 5.11 Å². The van der Waals surface area contributed by atoms with Gasteiger partial charge in [-0.2, -0.15) is 5.10 Å². The van der Waals surface area contributed by atoms with E-state index < -0.39 is 0 Å². The number of nitrogens with two attached hydrogens (primary N) is 1. The summed E-state index contributed by atoms with van der Waals surface area (Å²) in [5.41, 5.74) is 2.02. The molecule has 0 aliphatic carbocycles. The molecule has 2 aromatic rings. The SMILES string of the molecule is C/C(=N/N)c1csc(-c2ccc(Cl)c(Cl)c2)c1O.Cl. The van der Waals surface area contributed by atoms with Crippen LogP contribution in [0, 0.1) is 0 Å². The quantitative estimate of drug-likeness (QED) is 0.480. The lowest BCUT2D eigenvalue weighted by Gasteiger charge is -2.02. The van der Waals surface area contributed by atoms with Crippen molar-refractivity contribution in [1.29, 1.82) is 0 Å². The van der Waals surface area contributed by atoms with E-state index in [0.717, 1.165) is 5.56 Å². The summed E-state index contributed by atoms with van der Waals surface area (Å²) in [6.45, 7) is 1.74. The molecule has 0 spiro atoms. The van der Waals surface area contributed by atoms with Gasteiger partial charge in [0.15, 0.2) is 0 Å². The Balaban J connectivity index is 0.00000180. The van der Waals surface area contributed by atoms with Gasteiger partial charge in [0, 0.05) is 5.38 Å². The van der Waals surface area contributed by atoms with E-state index in [1.807, 2.05) is 0 Å². The summed E-state index contributed by atoms with van der Waals surface area (Å²) in [4.78, 5) is 0.714. The van der Waals surface area contributed by atoms with Crippen LogP contribution in [0.25, 0.3) is 10.4 Å².